The van der Waals surface area contributed by atoms with Gasteiger partial charge in [0, 0.05) is 5.92 Å². The first-order chi connectivity index (χ1) is 11.4. The topological polar surface area (TPSA) is 49.7 Å². The summed E-state index contributed by atoms with van der Waals surface area (Å²) in [5.74, 6) is 0.670. The Balaban J connectivity index is 1.98. The van der Waals surface area contributed by atoms with Crippen LogP contribution in [0.25, 0.3) is 0 Å². The minimum atomic E-state index is -3.59. The largest absolute Gasteiger partial charge is 0.265 e. The lowest BCUT2D eigenvalue weighted by Gasteiger charge is -2.23. The van der Waals surface area contributed by atoms with Crippen molar-refractivity contribution in [3.05, 3.63) is 65.7 Å². The highest BCUT2D eigenvalue weighted by Gasteiger charge is 2.36. The lowest BCUT2D eigenvalue weighted by molar-refractivity contribution is 0.512. The molecule has 1 heterocycles. The molecule has 126 valence electrons. The number of hydrogen-bond acceptors (Lipinski definition) is 3. The monoisotopic (exact) mass is 342 g/mol. The molecule has 0 saturated carbocycles. The van der Waals surface area contributed by atoms with Gasteiger partial charge in [-0.05, 0) is 24.6 Å². The van der Waals surface area contributed by atoms with E-state index in [1.807, 2.05) is 63.2 Å². The Morgan fingerprint density at radius 2 is 1.67 bits per heavy atom. The summed E-state index contributed by atoms with van der Waals surface area (Å²) in [5.41, 5.74) is 2.08. The van der Waals surface area contributed by atoms with Crippen molar-refractivity contribution in [1.82, 2.24) is 4.31 Å². The molecule has 2 aromatic rings. The molecule has 0 aliphatic carbocycles. The van der Waals surface area contributed by atoms with E-state index in [4.69, 9.17) is 4.99 Å². The molecule has 0 saturated heterocycles. The third kappa shape index (κ3) is 3.08. The zero-order chi connectivity index (χ0) is 17.3. The summed E-state index contributed by atoms with van der Waals surface area (Å²) < 4.78 is 27.6. The number of hydrogen-bond donors (Lipinski definition) is 0. The van der Waals surface area contributed by atoms with E-state index in [1.165, 1.54) is 4.31 Å². The van der Waals surface area contributed by atoms with Gasteiger partial charge in [-0.2, -0.15) is 0 Å². The lowest BCUT2D eigenvalue weighted by Crippen LogP contribution is -2.37. The summed E-state index contributed by atoms with van der Waals surface area (Å²) >= 11 is 0. The first kappa shape index (κ1) is 16.7. The third-order valence-corrected chi connectivity index (χ3v) is 5.98. The van der Waals surface area contributed by atoms with Crippen molar-refractivity contribution in [2.24, 2.45) is 10.9 Å². The predicted molar refractivity (Wildman–Crippen MR) is 96.5 cm³/mol. The molecule has 0 N–H and O–H groups in total. The Labute approximate surface area is 143 Å². The molecule has 0 fully saturated rings. The van der Waals surface area contributed by atoms with Gasteiger partial charge >= 0.3 is 0 Å². The van der Waals surface area contributed by atoms with E-state index in [9.17, 15) is 8.42 Å². The standard InChI is InChI=1S/C19H22N2O2S/c1-14(2)19-20-18(16-7-5-4-6-8-16)13-21(19)24(22,23)17-11-9-15(3)10-12-17/h4-12,14,18H,13H2,1-3H3. The molecule has 1 unspecified atom stereocenters. The second-order valence-corrected chi connectivity index (χ2v) is 8.28. The summed E-state index contributed by atoms with van der Waals surface area (Å²) in [6.07, 6.45) is 0. The number of benzene rings is 2. The van der Waals surface area contributed by atoms with Crippen LogP contribution in [0.5, 0.6) is 0 Å². The van der Waals surface area contributed by atoms with Crippen LogP contribution < -0.4 is 0 Å². The smallest absolute Gasteiger partial charge is 0.261 e. The summed E-state index contributed by atoms with van der Waals surface area (Å²) in [5, 5.41) is 0. The van der Waals surface area contributed by atoms with Gasteiger partial charge in [0.05, 0.1) is 17.5 Å². The Hall–Kier alpha value is -2.14. The van der Waals surface area contributed by atoms with Crippen molar-refractivity contribution in [1.29, 1.82) is 0 Å². The highest BCUT2D eigenvalue weighted by molar-refractivity contribution is 7.89. The van der Waals surface area contributed by atoms with E-state index >= 15 is 0 Å². The molecule has 1 aliphatic heterocycles. The van der Waals surface area contributed by atoms with Crippen molar-refractivity contribution < 1.29 is 8.42 Å². The van der Waals surface area contributed by atoms with Gasteiger partial charge in [0.15, 0.2) is 0 Å². The van der Waals surface area contributed by atoms with Gasteiger partial charge in [0.2, 0.25) is 0 Å². The molecule has 5 heteroatoms. The molecule has 4 nitrogen and oxygen atoms in total. The van der Waals surface area contributed by atoms with E-state index in [1.54, 1.807) is 12.1 Å². The molecule has 1 aliphatic rings. The maximum Gasteiger partial charge on any atom is 0.265 e. The summed E-state index contributed by atoms with van der Waals surface area (Å²) in [7, 11) is -3.59. The van der Waals surface area contributed by atoms with Gasteiger partial charge in [-0.1, -0.05) is 61.9 Å². The van der Waals surface area contributed by atoms with Gasteiger partial charge in [-0.15, -0.1) is 0 Å². The van der Waals surface area contributed by atoms with Crippen LogP contribution >= 0.6 is 0 Å². The van der Waals surface area contributed by atoms with E-state index in [0.717, 1.165) is 11.1 Å². The zero-order valence-corrected chi connectivity index (χ0v) is 15.0. The molecule has 0 radical (unpaired) electrons. The van der Waals surface area contributed by atoms with Crippen molar-refractivity contribution in [3.8, 4) is 0 Å². The van der Waals surface area contributed by atoms with Gasteiger partial charge in [-0.25, -0.2) is 8.42 Å². The molecular formula is C19H22N2O2S. The van der Waals surface area contributed by atoms with E-state index in [0.29, 0.717) is 17.3 Å². The Kier molecular flexibility index (Phi) is 4.45. The summed E-state index contributed by atoms with van der Waals surface area (Å²) in [6, 6.07) is 16.7. The maximum atomic E-state index is 13.1. The average Bonchev–Trinajstić information content (AvgIpc) is 3.02. The molecular weight excluding hydrogens is 320 g/mol. The van der Waals surface area contributed by atoms with Crippen molar-refractivity contribution in [2.45, 2.75) is 31.7 Å². The molecule has 24 heavy (non-hydrogen) atoms. The van der Waals surface area contributed by atoms with Gasteiger partial charge in [0.1, 0.15) is 5.84 Å². The van der Waals surface area contributed by atoms with Crippen LogP contribution in [-0.4, -0.2) is 25.1 Å². The van der Waals surface area contributed by atoms with Gasteiger partial charge < -0.3 is 0 Å². The highest BCUT2D eigenvalue weighted by atomic mass is 32.2. The van der Waals surface area contributed by atoms with Crippen LogP contribution in [-0.2, 0) is 10.0 Å². The van der Waals surface area contributed by atoms with Gasteiger partial charge in [-0.3, -0.25) is 9.30 Å². The van der Waals surface area contributed by atoms with E-state index < -0.39 is 10.0 Å². The van der Waals surface area contributed by atoms with E-state index in [-0.39, 0.29) is 12.0 Å². The third-order valence-electron chi connectivity index (χ3n) is 4.19. The van der Waals surface area contributed by atoms with Crippen molar-refractivity contribution >= 4 is 15.9 Å². The second-order valence-electron chi connectivity index (χ2n) is 6.42. The zero-order valence-electron chi connectivity index (χ0n) is 14.2. The highest BCUT2D eigenvalue weighted by Crippen LogP contribution is 2.31. The lowest BCUT2D eigenvalue weighted by atomic mass is 10.1. The van der Waals surface area contributed by atoms with Crippen LogP contribution in [0.3, 0.4) is 0 Å². The number of nitrogens with zero attached hydrogens (tertiary/aromatic N) is 2. The normalized spacial score (nSPS) is 18.1. The molecule has 0 amide bonds. The van der Waals surface area contributed by atoms with Crippen LogP contribution in [0.4, 0.5) is 0 Å². The van der Waals surface area contributed by atoms with Crippen LogP contribution in [0.15, 0.2) is 64.5 Å². The Bertz CT molecular complexity index is 841. The van der Waals surface area contributed by atoms with Crippen LogP contribution in [0.1, 0.15) is 31.0 Å². The van der Waals surface area contributed by atoms with Crippen molar-refractivity contribution in [3.63, 3.8) is 0 Å². The first-order valence-corrected chi connectivity index (χ1v) is 9.55. The fraction of sp³-hybridized carbons (Fsp3) is 0.316. The summed E-state index contributed by atoms with van der Waals surface area (Å²) in [4.78, 5) is 5.03. The number of rotatable bonds is 4. The van der Waals surface area contributed by atoms with Gasteiger partial charge in [0.25, 0.3) is 10.0 Å². The molecule has 0 aromatic heterocycles. The van der Waals surface area contributed by atoms with Crippen molar-refractivity contribution in [2.75, 3.05) is 6.54 Å². The number of aliphatic imine (C=N–C) groups is 1. The number of aryl methyl sites for hydroxylation is 1. The van der Waals surface area contributed by atoms with E-state index in [2.05, 4.69) is 0 Å². The Morgan fingerprint density at radius 1 is 1.04 bits per heavy atom. The molecule has 0 bridgehead atoms. The number of sulfonamides is 1. The molecule has 2 aromatic carbocycles. The second kappa shape index (κ2) is 6.40. The number of amidine groups is 1. The first-order valence-electron chi connectivity index (χ1n) is 8.11. The quantitative estimate of drug-likeness (QED) is 0.849. The fourth-order valence-electron chi connectivity index (χ4n) is 2.87. The fourth-order valence-corrected chi connectivity index (χ4v) is 4.44. The molecule has 1 atom stereocenters. The average molecular weight is 342 g/mol. The Morgan fingerprint density at radius 3 is 2.25 bits per heavy atom. The maximum absolute atomic E-state index is 13.1. The SMILES string of the molecule is Cc1ccc(S(=O)(=O)N2CC(c3ccccc3)N=C2C(C)C)cc1. The minimum absolute atomic E-state index is 0.0407. The van der Waals surface area contributed by atoms with Crippen LogP contribution in [0.2, 0.25) is 0 Å². The molecule has 0 spiro atoms. The molecule has 3 rings (SSSR count). The minimum Gasteiger partial charge on any atom is -0.261 e. The van der Waals surface area contributed by atoms with Crippen LogP contribution in [0, 0.1) is 12.8 Å². The predicted octanol–water partition coefficient (Wildman–Crippen LogP) is 3.80. The summed E-state index contributed by atoms with van der Waals surface area (Å²) in [6.45, 7) is 6.25.